The Morgan fingerprint density at radius 1 is 0.867 bits per heavy atom. The minimum Gasteiger partial charge on any atom is -0.330 e. The zero-order valence-corrected chi connectivity index (χ0v) is 9.36. The smallest absolute Gasteiger partial charge is 0.00714 e. The van der Waals surface area contributed by atoms with Crippen LogP contribution in [0.3, 0.4) is 0 Å². The zero-order chi connectivity index (χ0) is 10.9. The van der Waals surface area contributed by atoms with Gasteiger partial charge in [-0.05, 0) is 43.8 Å². The number of rotatable bonds is 7. The number of hydrogen-bond acceptors (Lipinski definition) is 2. The quantitative estimate of drug-likeness (QED) is 0.672. The van der Waals surface area contributed by atoms with Gasteiger partial charge in [0.2, 0.25) is 0 Å². The van der Waals surface area contributed by atoms with Gasteiger partial charge in [-0.25, -0.2) is 0 Å². The van der Waals surface area contributed by atoms with E-state index >= 15 is 0 Å². The number of benzene rings is 1. The standard InChI is InChI=1S/C13H22N2/c14-10-5-4-8-13(9-11-15)12-6-2-1-3-7-12/h1-3,6-7,13H,4-5,8-11,14-15H2. The average molecular weight is 206 g/mol. The maximum atomic E-state index is 5.65. The molecule has 0 saturated carbocycles. The lowest BCUT2D eigenvalue weighted by Gasteiger charge is -2.16. The lowest BCUT2D eigenvalue weighted by molar-refractivity contribution is 0.546. The third kappa shape index (κ3) is 4.45. The summed E-state index contributed by atoms with van der Waals surface area (Å²) in [5.41, 5.74) is 12.6. The van der Waals surface area contributed by atoms with E-state index in [4.69, 9.17) is 11.5 Å². The highest BCUT2D eigenvalue weighted by atomic mass is 14.5. The van der Waals surface area contributed by atoms with E-state index in [0.717, 1.165) is 25.9 Å². The molecule has 0 aliphatic carbocycles. The normalized spacial score (nSPS) is 12.7. The maximum Gasteiger partial charge on any atom is -0.00714 e. The molecule has 0 saturated heterocycles. The molecule has 0 bridgehead atoms. The summed E-state index contributed by atoms with van der Waals surface area (Å²) < 4.78 is 0. The highest BCUT2D eigenvalue weighted by Gasteiger charge is 2.09. The Hall–Kier alpha value is -0.860. The van der Waals surface area contributed by atoms with Crippen molar-refractivity contribution in [1.82, 2.24) is 0 Å². The van der Waals surface area contributed by atoms with Crippen LogP contribution in [0.25, 0.3) is 0 Å². The largest absolute Gasteiger partial charge is 0.330 e. The van der Waals surface area contributed by atoms with Crippen LogP contribution in [0.4, 0.5) is 0 Å². The summed E-state index contributed by atoms with van der Waals surface area (Å²) in [4.78, 5) is 0. The summed E-state index contributed by atoms with van der Waals surface area (Å²) in [5, 5.41) is 0. The Morgan fingerprint density at radius 3 is 2.20 bits per heavy atom. The molecular formula is C13H22N2. The van der Waals surface area contributed by atoms with Gasteiger partial charge in [0, 0.05) is 0 Å². The first-order valence-electron chi connectivity index (χ1n) is 5.83. The molecule has 4 N–H and O–H groups in total. The second-order valence-electron chi connectivity index (χ2n) is 3.97. The zero-order valence-electron chi connectivity index (χ0n) is 9.36. The van der Waals surface area contributed by atoms with Gasteiger partial charge in [0.1, 0.15) is 0 Å². The van der Waals surface area contributed by atoms with Crippen molar-refractivity contribution in [2.45, 2.75) is 31.6 Å². The molecule has 0 radical (unpaired) electrons. The summed E-state index contributed by atoms with van der Waals surface area (Å²) in [6.07, 6.45) is 4.61. The van der Waals surface area contributed by atoms with E-state index in [9.17, 15) is 0 Å². The van der Waals surface area contributed by atoms with E-state index < -0.39 is 0 Å². The fraction of sp³-hybridized carbons (Fsp3) is 0.538. The molecule has 0 heterocycles. The third-order valence-electron chi connectivity index (χ3n) is 2.79. The molecule has 0 fully saturated rings. The van der Waals surface area contributed by atoms with Crippen LogP contribution in [-0.2, 0) is 0 Å². The molecule has 0 spiro atoms. The molecule has 2 heteroatoms. The van der Waals surface area contributed by atoms with Crippen LogP contribution in [0.5, 0.6) is 0 Å². The Morgan fingerprint density at radius 2 is 1.60 bits per heavy atom. The van der Waals surface area contributed by atoms with E-state index in [0.29, 0.717) is 5.92 Å². The molecule has 2 nitrogen and oxygen atoms in total. The minimum atomic E-state index is 0.614. The second-order valence-corrected chi connectivity index (χ2v) is 3.97. The SMILES string of the molecule is NCCCCC(CCN)c1ccccc1. The van der Waals surface area contributed by atoms with E-state index in [2.05, 4.69) is 30.3 Å². The first kappa shape index (κ1) is 12.2. The van der Waals surface area contributed by atoms with Crippen LogP contribution in [-0.4, -0.2) is 13.1 Å². The molecule has 1 atom stereocenters. The Labute approximate surface area is 92.7 Å². The fourth-order valence-corrected chi connectivity index (χ4v) is 1.94. The van der Waals surface area contributed by atoms with Crippen LogP contribution < -0.4 is 11.5 Å². The Bertz CT molecular complexity index is 246. The van der Waals surface area contributed by atoms with Crippen LogP contribution in [0.15, 0.2) is 30.3 Å². The van der Waals surface area contributed by atoms with E-state index in [1.807, 2.05) is 0 Å². The van der Waals surface area contributed by atoms with Crippen molar-refractivity contribution in [3.8, 4) is 0 Å². The van der Waals surface area contributed by atoms with Gasteiger partial charge < -0.3 is 11.5 Å². The van der Waals surface area contributed by atoms with Crippen molar-refractivity contribution in [2.75, 3.05) is 13.1 Å². The molecule has 1 aromatic carbocycles. The molecule has 0 amide bonds. The summed E-state index contributed by atoms with van der Waals surface area (Å²) in [7, 11) is 0. The Kier molecular flexibility index (Phi) is 6.05. The first-order valence-corrected chi connectivity index (χ1v) is 5.83. The number of hydrogen-bond donors (Lipinski definition) is 2. The molecule has 1 aromatic rings. The van der Waals surface area contributed by atoms with Crippen molar-refractivity contribution >= 4 is 0 Å². The Balaban J connectivity index is 2.50. The van der Waals surface area contributed by atoms with Gasteiger partial charge in [0.05, 0.1) is 0 Å². The van der Waals surface area contributed by atoms with Gasteiger partial charge in [-0.2, -0.15) is 0 Å². The monoisotopic (exact) mass is 206 g/mol. The average Bonchev–Trinajstić information content (AvgIpc) is 2.29. The second kappa shape index (κ2) is 7.43. The predicted molar refractivity (Wildman–Crippen MR) is 65.8 cm³/mol. The van der Waals surface area contributed by atoms with Crippen LogP contribution in [0.1, 0.15) is 37.2 Å². The summed E-state index contributed by atoms with van der Waals surface area (Å²) in [6, 6.07) is 10.7. The van der Waals surface area contributed by atoms with E-state index in [1.54, 1.807) is 0 Å². The number of unbranched alkanes of at least 4 members (excludes halogenated alkanes) is 1. The van der Waals surface area contributed by atoms with Gasteiger partial charge in [-0.1, -0.05) is 36.8 Å². The van der Waals surface area contributed by atoms with Crippen LogP contribution in [0, 0.1) is 0 Å². The van der Waals surface area contributed by atoms with E-state index in [1.165, 1.54) is 18.4 Å². The maximum absolute atomic E-state index is 5.65. The van der Waals surface area contributed by atoms with Crippen molar-refractivity contribution in [3.05, 3.63) is 35.9 Å². The fourth-order valence-electron chi connectivity index (χ4n) is 1.94. The molecule has 1 unspecified atom stereocenters. The molecule has 0 aromatic heterocycles. The number of nitrogens with two attached hydrogens (primary N) is 2. The lowest BCUT2D eigenvalue weighted by atomic mass is 9.91. The highest BCUT2D eigenvalue weighted by Crippen LogP contribution is 2.24. The molecule has 1 rings (SSSR count). The lowest BCUT2D eigenvalue weighted by Crippen LogP contribution is -2.08. The highest BCUT2D eigenvalue weighted by molar-refractivity contribution is 5.19. The first-order chi connectivity index (χ1) is 7.38. The topological polar surface area (TPSA) is 52.0 Å². The van der Waals surface area contributed by atoms with Gasteiger partial charge in [-0.15, -0.1) is 0 Å². The molecule has 84 valence electrons. The van der Waals surface area contributed by atoms with Gasteiger partial charge in [0.25, 0.3) is 0 Å². The molecule has 0 aliphatic rings. The van der Waals surface area contributed by atoms with Crippen molar-refractivity contribution in [1.29, 1.82) is 0 Å². The van der Waals surface area contributed by atoms with Crippen molar-refractivity contribution < 1.29 is 0 Å². The summed E-state index contributed by atoms with van der Waals surface area (Å²) in [6.45, 7) is 1.56. The van der Waals surface area contributed by atoms with Gasteiger partial charge in [-0.3, -0.25) is 0 Å². The third-order valence-corrected chi connectivity index (χ3v) is 2.79. The van der Waals surface area contributed by atoms with Crippen molar-refractivity contribution in [2.24, 2.45) is 11.5 Å². The van der Waals surface area contributed by atoms with Crippen LogP contribution >= 0.6 is 0 Å². The summed E-state index contributed by atoms with van der Waals surface area (Å²) in [5.74, 6) is 0.614. The van der Waals surface area contributed by atoms with E-state index in [-0.39, 0.29) is 0 Å². The van der Waals surface area contributed by atoms with Crippen molar-refractivity contribution in [3.63, 3.8) is 0 Å². The summed E-state index contributed by atoms with van der Waals surface area (Å²) >= 11 is 0. The molecule has 0 aliphatic heterocycles. The molecule has 15 heavy (non-hydrogen) atoms. The molecular weight excluding hydrogens is 184 g/mol. The van der Waals surface area contributed by atoms with Gasteiger partial charge in [0.15, 0.2) is 0 Å². The van der Waals surface area contributed by atoms with Crippen LogP contribution in [0.2, 0.25) is 0 Å². The van der Waals surface area contributed by atoms with Gasteiger partial charge >= 0.3 is 0 Å². The minimum absolute atomic E-state index is 0.614. The predicted octanol–water partition coefficient (Wildman–Crippen LogP) is 2.25.